The zero-order valence-corrected chi connectivity index (χ0v) is 31.0. The smallest absolute Gasteiger partial charge is 0.159 e. The molecule has 0 saturated heterocycles. The summed E-state index contributed by atoms with van der Waals surface area (Å²) in [6.45, 7) is 0. The number of furan rings is 2. The zero-order valence-electron chi connectivity index (χ0n) is 31.0. The minimum absolute atomic E-state index is 0.840. The number of nitrogens with zero attached hydrogens (tertiary/aromatic N) is 1. The van der Waals surface area contributed by atoms with Crippen LogP contribution in [0.5, 0.6) is 0 Å². The lowest BCUT2D eigenvalue weighted by atomic mass is 9.88. The Bertz CT molecular complexity index is 3240. The van der Waals surface area contributed by atoms with Gasteiger partial charge in [-0.3, -0.25) is 0 Å². The third kappa shape index (κ3) is 5.51. The van der Waals surface area contributed by atoms with E-state index in [2.05, 4.69) is 193 Å². The number of para-hydroxylation sites is 5. The summed E-state index contributed by atoms with van der Waals surface area (Å²) in [5.74, 6) is 0. The van der Waals surface area contributed by atoms with Gasteiger partial charge in [0.1, 0.15) is 16.7 Å². The van der Waals surface area contributed by atoms with Gasteiger partial charge in [-0.05, 0) is 69.8 Å². The fourth-order valence-corrected chi connectivity index (χ4v) is 8.52. The molecule has 9 aromatic carbocycles. The molecule has 11 rings (SSSR count). The molecule has 0 aliphatic heterocycles. The van der Waals surface area contributed by atoms with Gasteiger partial charge in [-0.25, -0.2) is 0 Å². The summed E-state index contributed by atoms with van der Waals surface area (Å²) in [5.41, 5.74) is 15.7. The van der Waals surface area contributed by atoms with Crippen molar-refractivity contribution in [1.29, 1.82) is 0 Å². The molecule has 0 unspecified atom stereocenters. The van der Waals surface area contributed by atoms with E-state index in [1.807, 2.05) is 24.3 Å². The standard InChI is InChI=1S/C54H35NO2/c1-2-16-36(17-3-1)39-18-4-5-19-41(39)42-20-6-7-21-43(42)44-22-8-11-28-49(44)55(50-29-15-27-48-46-24-10-13-31-52(46)57-54(48)50)38-34-32-37(33-35-38)40-25-14-26-47-45-23-9-12-30-51(45)56-53(40)47/h1-35H. The van der Waals surface area contributed by atoms with Gasteiger partial charge >= 0.3 is 0 Å². The van der Waals surface area contributed by atoms with Crippen LogP contribution in [0.3, 0.4) is 0 Å². The Hall–Kier alpha value is -7.62. The highest BCUT2D eigenvalue weighted by molar-refractivity contribution is 6.12. The fraction of sp³-hybridized carbons (Fsp3) is 0. The predicted octanol–water partition coefficient (Wildman–Crippen LogP) is 15.6. The average molecular weight is 730 g/mol. The second-order valence-corrected chi connectivity index (χ2v) is 14.4. The van der Waals surface area contributed by atoms with E-state index in [9.17, 15) is 0 Å². The summed E-state index contributed by atoms with van der Waals surface area (Å²) in [6, 6.07) is 75.1. The first-order valence-corrected chi connectivity index (χ1v) is 19.3. The van der Waals surface area contributed by atoms with Gasteiger partial charge < -0.3 is 13.7 Å². The Balaban J connectivity index is 1.12. The molecule has 0 N–H and O–H groups in total. The molecule has 0 bridgehead atoms. The molecule has 0 amide bonds. The van der Waals surface area contributed by atoms with Crippen molar-refractivity contribution in [2.24, 2.45) is 0 Å². The molecule has 0 fully saturated rings. The molecule has 0 radical (unpaired) electrons. The predicted molar refractivity (Wildman–Crippen MR) is 237 cm³/mol. The van der Waals surface area contributed by atoms with Crippen LogP contribution in [0, 0.1) is 0 Å². The number of fused-ring (bicyclic) bond motifs is 6. The Morgan fingerprint density at radius 1 is 0.263 bits per heavy atom. The summed E-state index contributed by atoms with van der Waals surface area (Å²) in [4.78, 5) is 2.35. The largest absolute Gasteiger partial charge is 0.455 e. The maximum absolute atomic E-state index is 6.73. The lowest BCUT2D eigenvalue weighted by molar-refractivity contribution is 0.669. The topological polar surface area (TPSA) is 29.5 Å². The number of rotatable bonds is 7. The monoisotopic (exact) mass is 729 g/mol. The summed E-state index contributed by atoms with van der Waals surface area (Å²) in [5, 5.41) is 4.42. The van der Waals surface area contributed by atoms with Crippen molar-refractivity contribution < 1.29 is 8.83 Å². The van der Waals surface area contributed by atoms with Gasteiger partial charge in [0.15, 0.2) is 5.58 Å². The first-order chi connectivity index (χ1) is 28.3. The van der Waals surface area contributed by atoms with Crippen LogP contribution in [0.4, 0.5) is 17.1 Å². The summed E-state index contributed by atoms with van der Waals surface area (Å²) in [7, 11) is 0. The lowest BCUT2D eigenvalue weighted by Crippen LogP contribution is -2.11. The van der Waals surface area contributed by atoms with Gasteiger partial charge in [0, 0.05) is 38.4 Å². The Labute approximate surface area is 330 Å². The molecule has 11 aromatic rings. The minimum atomic E-state index is 0.840. The van der Waals surface area contributed by atoms with Crippen molar-refractivity contribution in [2.75, 3.05) is 4.90 Å². The van der Waals surface area contributed by atoms with Crippen molar-refractivity contribution >= 4 is 60.9 Å². The van der Waals surface area contributed by atoms with Crippen molar-refractivity contribution in [3.63, 3.8) is 0 Å². The Morgan fingerprint density at radius 3 is 1.40 bits per heavy atom. The molecule has 3 nitrogen and oxygen atoms in total. The number of hydrogen-bond acceptors (Lipinski definition) is 3. The highest BCUT2D eigenvalue weighted by atomic mass is 16.3. The van der Waals surface area contributed by atoms with Crippen LogP contribution in [0.25, 0.3) is 88.4 Å². The molecule has 0 aliphatic rings. The van der Waals surface area contributed by atoms with Crippen LogP contribution in [-0.4, -0.2) is 0 Å². The molecule has 2 heterocycles. The van der Waals surface area contributed by atoms with Gasteiger partial charge in [-0.1, -0.05) is 176 Å². The highest BCUT2D eigenvalue weighted by Gasteiger charge is 2.24. The Kier molecular flexibility index (Phi) is 7.82. The second-order valence-electron chi connectivity index (χ2n) is 14.4. The molecule has 0 saturated carbocycles. The van der Waals surface area contributed by atoms with Gasteiger partial charge in [0.25, 0.3) is 0 Å². The minimum Gasteiger partial charge on any atom is -0.455 e. The van der Waals surface area contributed by atoms with E-state index in [0.717, 1.165) is 83.2 Å². The molecule has 0 atom stereocenters. The second kappa shape index (κ2) is 13.6. The number of anilines is 3. The average Bonchev–Trinajstić information content (AvgIpc) is 3.87. The van der Waals surface area contributed by atoms with Crippen molar-refractivity contribution in [3.8, 4) is 44.5 Å². The molecular formula is C54H35NO2. The van der Waals surface area contributed by atoms with Gasteiger partial charge in [-0.2, -0.15) is 0 Å². The summed E-state index contributed by atoms with van der Waals surface area (Å²) in [6.07, 6.45) is 0. The van der Waals surface area contributed by atoms with Crippen molar-refractivity contribution in [1.82, 2.24) is 0 Å². The summed E-state index contributed by atoms with van der Waals surface area (Å²) < 4.78 is 13.2. The normalized spacial score (nSPS) is 11.5. The van der Waals surface area contributed by atoms with E-state index < -0.39 is 0 Å². The SMILES string of the molecule is c1ccc(-c2ccccc2-c2ccccc2-c2ccccc2N(c2ccc(-c3cccc4c3oc3ccccc34)cc2)c2cccc3c2oc2ccccc23)cc1. The molecular weight excluding hydrogens is 695 g/mol. The van der Waals surface area contributed by atoms with E-state index in [0.29, 0.717) is 0 Å². The van der Waals surface area contributed by atoms with Crippen LogP contribution in [0.1, 0.15) is 0 Å². The van der Waals surface area contributed by atoms with E-state index in [1.165, 1.54) is 22.3 Å². The lowest BCUT2D eigenvalue weighted by Gasteiger charge is -2.28. The fourth-order valence-electron chi connectivity index (χ4n) is 8.52. The molecule has 0 spiro atoms. The highest BCUT2D eigenvalue weighted by Crippen LogP contribution is 2.48. The third-order valence-electron chi connectivity index (χ3n) is 11.1. The first kappa shape index (κ1) is 32.8. The third-order valence-corrected chi connectivity index (χ3v) is 11.1. The quantitative estimate of drug-likeness (QED) is 0.164. The van der Waals surface area contributed by atoms with E-state index in [4.69, 9.17) is 8.83 Å². The summed E-state index contributed by atoms with van der Waals surface area (Å²) >= 11 is 0. The molecule has 0 aliphatic carbocycles. The van der Waals surface area contributed by atoms with Crippen LogP contribution in [-0.2, 0) is 0 Å². The Morgan fingerprint density at radius 2 is 0.702 bits per heavy atom. The van der Waals surface area contributed by atoms with E-state index >= 15 is 0 Å². The van der Waals surface area contributed by atoms with Crippen LogP contribution >= 0.6 is 0 Å². The zero-order chi connectivity index (χ0) is 37.7. The molecule has 2 aromatic heterocycles. The van der Waals surface area contributed by atoms with Gasteiger partial charge in [0.05, 0.1) is 11.4 Å². The van der Waals surface area contributed by atoms with Gasteiger partial charge in [0.2, 0.25) is 0 Å². The van der Waals surface area contributed by atoms with E-state index in [-0.39, 0.29) is 0 Å². The maximum atomic E-state index is 6.73. The molecule has 268 valence electrons. The molecule has 57 heavy (non-hydrogen) atoms. The van der Waals surface area contributed by atoms with Crippen LogP contribution in [0.15, 0.2) is 221 Å². The van der Waals surface area contributed by atoms with Crippen molar-refractivity contribution in [3.05, 3.63) is 212 Å². The van der Waals surface area contributed by atoms with Gasteiger partial charge in [-0.15, -0.1) is 0 Å². The first-order valence-electron chi connectivity index (χ1n) is 19.3. The van der Waals surface area contributed by atoms with E-state index in [1.54, 1.807) is 0 Å². The number of benzene rings is 9. The van der Waals surface area contributed by atoms with Crippen LogP contribution < -0.4 is 4.90 Å². The molecule has 3 heteroatoms. The maximum Gasteiger partial charge on any atom is 0.159 e. The van der Waals surface area contributed by atoms with Crippen LogP contribution in [0.2, 0.25) is 0 Å². The number of hydrogen-bond donors (Lipinski definition) is 0. The van der Waals surface area contributed by atoms with Crippen molar-refractivity contribution in [2.45, 2.75) is 0 Å².